The van der Waals surface area contributed by atoms with Gasteiger partial charge in [0, 0.05) is 23.6 Å². The van der Waals surface area contributed by atoms with Gasteiger partial charge in [-0.15, -0.1) is 0 Å². The molecule has 0 bridgehead atoms. The summed E-state index contributed by atoms with van der Waals surface area (Å²) in [5.41, 5.74) is 2.57. The van der Waals surface area contributed by atoms with Gasteiger partial charge >= 0.3 is 5.97 Å². The number of hydrogen-bond acceptors (Lipinski definition) is 3. The lowest BCUT2D eigenvalue weighted by Gasteiger charge is -2.38. The molecule has 41 heavy (non-hydrogen) atoms. The summed E-state index contributed by atoms with van der Waals surface area (Å²) in [6, 6.07) is 3.39. The standard InChI is InChI=1S/C36H52F2O3/c1-6-7-8-9-10-11-12-13-14-15-16-17-18-19-23-36(5)24-22-30-33(31-25-29(37)20-21-32(31)38)35(40-28(4)39)27(3)26(2)34(30)41-36/h20-21,25H,6-19,22-24H2,1-5H3/t36-/m1/s1. The molecule has 1 heterocycles. The highest BCUT2D eigenvalue weighted by atomic mass is 19.1. The largest absolute Gasteiger partial charge is 0.487 e. The SMILES string of the molecule is CCCCCCCCCCCCCCCC[C@]1(C)CCc2c(c(C)c(C)c(OC(C)=O)c2-c2cc(F)ccc2F)O1. The van der Waals surface area contributed by atoms with Crippen molar-refractivity contribution in [3.05, 3.63) is 46.5 Å². The second kappa shape index (κ2) is 16.3. The quantitative estimate of drug-likeness (QED) is 0.108. The van der Waals surface area contributed by atoms with Crippen LogP contribution in [0.3, 0.4) is 0 Å². The first kappa shape index (κ1) is 33.1. The van der Waals surface area contributed by atoms with Gasteiger partial charge in [0.1, 0.15) is 28.7 Å². The molecule has 1 atom stereocenters. The molecule has 0 radical (unpaired) electrons. The number of rotatable bonds is 17. The van der Waals surface area contributed by atoms with Gasteiger partial charge in [-0.25, -0.2) is 8.78 Å². The van der Waals surface area contributed by atoms with Gasteiger partial charge < -0.3 is 9.47 Å². The Bertz CT molecular complexity index is 1140. The average molecular weight is 571 g/mol. The first-order valence-corrected chi connectivity index (χ1v) is 16.2. The minimum Gasteiger partial charge on any atom is -0.487 e. The molecule has 3 nitrogen and oxygen atoms in total. The fourth-order valence-corrected chi connectivity index (χ4v) is 6.18. The fraction of sp³-hybridized carbons (Fsp3) is 0.639. The maximum absolute atomic E-state index is 15.0. The normalized spacial score (nSPS) is 16.4. The number of esters is 1. The van der Waals surface area contributed by atoms with E-state index in [1.54, 1.807) is 0 Å². The molecular formula is C36H52F2O3. The molecule has 0 aromatic heterocycles. The van der Waals surface area contributed by atoms with E-state index < -0.39 is 17.6 Å². The van der Waals surface area contributed by atoms with Gasteiger partial charge in [-0.05, 0) is 75.8 Å². The van der Waals surface area contributed by atoms with E-state index in [1.807, 2.05) is 13.8 Å². The van der Waals surface area contributed by atoms with E-state index in [4.69, 9.17) is 9.47 Å². The maximum atomic E-state index is 15.0. The van der Waals surface area contributed by atoms with Crippen molar-refractivity contribution in [3.8, 4) is 22.6 Å². The van der Waals surface area contributed by atoms with Crippen LogP contribution in [0.5, 0.6) is 11.5 Å². The molecule has 2 aromatic carbocycles. The number of benzene rings is 2. The highest BCUT2D eigenvalue weighted by Crippen LogP contribution is 2.49. The Morgan fingerprint density at radius 1 is 0.878 bits per heavy atom. The van der Waals surface area contributed by atoms with Crippen LogP contribution in [0, 0.1) is 25.5 Å². The van der Waals surface area contributed by atoms with Crippen LogP contribution in [-0.2, 0) is 11.2 Å². The zero-order valence-electron chi connectivity index (χ0n) is 26.2. The number of hydrogen-bond donors (Lipinski definition) is 0. The third-order valence-electron chi connectivity index (χ3n) is 8.80. The first-order chi connectivity index (χ1) is 19.7. The lowest BCUT2D eigenvalue weighted by Crippen LogP contribution is -2.37. The molecule has 2 aromatic rings. The zero-order chi connectivity index (χ0) is 29.8. The van der Waals surface area contributed by atoms with Crippen molar-refractivity contribution in [2.45, 2.75) is 149 Å². The van der Waals surface area contributed by atoms with Crippen molar-refractivity contribution >= 4 is 5.97 Å². The number of unbranched alkanes of at least 4 members (excludes halogenated alkanes) is 13. The van der Waals surface area contributed by atoms with Gasteiger partial charge in [-0.3, -0.25) is 4.79 Å². The Morgan fingerprint density at radius 3 is 2.00 bits per heavy atom. The Hall–Kier alpha value is -2.43. The molecule has 1 aliphatic heterocycles. The van der Waals surface area contributed by atoms with Crippen LogP contribution in [0.2, 0.25) is 0 Å². The number of halogens is 2. The molecule has 0 spiro atoms. The summed E-state index contributed by atoms with van der Waals surface area (Å²) in [4.78, 5) is 12.0. The Kier molecular flexibility index (Phi) is 13.1. The van der Waals surface area contributed by atoms with Crippen molar-refractivity contribution in [2.75, 3.05) is 0 Å². The van der Waals surface area contributed by atoms with Gasteiger partial charge in [0.15, 0.2) is 0 Å². The van der Waals surface area contributed by atoms with E-state index in [9.17, 15) is 9.18 Å². The lowest BCUT2D eigenvalue weighted by atomic mass is 9.82. The molecule has 5 heteroatoms. The summed E-state index contributed by atoms with van der Waals surface area (Å²) in [7, 11) is 0. The Labute approximate surface area is 247 Å². The van der Waals surface area contributed by atoms with Crippen molar-refractivity contribution in [1.29, 1.82) is 0 Å². The molecule has 3 rings (SSSR count). The number of ether oxygens (including phenoxy) is 2. The molecule has 0 saturated heterocycles. The van der Waals surface area contributed by atoms with E-state index in [1.165, 1.54) is 96.5 Å². The highest BCUT2D eigenvalue weighted by Gasteiger charge is 2.36. The molecule has 0 amide bonds. The third kappa shape index (κ3) is 9.54. The highest BCUT2D eigenvalue weighted by molar-refractivity contribution is 5.84. The summed E-state index contributed by atoms with van der Waals surface area (Å²) in [6.07, 6.45) is 21.0. The van der Waals surface area contributed by atoms with Crippen LogP contribution in [0.1, 0.15) is 140 Å². The number of fused-ring (bicyclic) bond motifs is 1. The molecule has 0 saturated carbocycles. The monoisotopic (exact) mass is 570 g/mol. The minimum atomic E-state index is -0.555. The van der Waals surface area contributed by atoms with Crippen LogP contribution in [0.4, 0.5) is 8.78 Å². The van der Waals surface area contributed by atoms with Gasteiger partial charge in [0.25, 0.3) is 0 Å². The first-order valence-electron chi connectivity index (χ1n) is 16.2. The van der Waals surface area contributed by atoms with E-state index in [-0.39, 0.29) is 16.9 Å². The summed E-state index contributed by atoms with van der Waals surface area (Å²) in [6.45, 7) is 9.55. The van der Waals surface area contributed by atoms with Gasteiger partial charge in [0.05, 0.1) is 0 Å². The van der Waals surface area contributed by atoms with Crippen molar-refractivity contribution in [1.82, 2.24) is 0 Å². The molecule has 0 N–H and O–H groups in total. The predicted molar refractivity (Wildman–Crippen MR) is 165 cm³/mol. The molecule has 0 fully saturated rings. The molecular weight excluding hydrogens is 518 g/mol. The summed E-state index contributed by atoms with van der Waals surface area (Å²) in [5, 5.41) is 0. The van der Waals surface area contributed by atoms with Crippen molar-refractivity contribution in [3.63, 3.8) is 0 Å². The lowest BCUT2D eigenvalue weighted by molar-refractivity contribution is -0.131. The number of carbonyl (C=O) groups excluding carboxylic acids is 1. The van der Waals surface area contributed by atoms with E-state index in [2.05, 4.69) is 13.8 Å². The predicted octanol–water partition coefficient (Wildman–Crippen LogP) is 11.1. The van der Waals surface area contributed by atoms with Crippen LogP contribution in [0.25, 0.3) is 11.1 Å². The van der Waals surface area contributed by atoms with Crippen LogP contribution >= 0.6 is 0 Å². The molecule has 0 aliphatic carbocycles. The fourth-order valence-electron chi connectivity index (χ4n) is 6.18. The average Bonchev–Trinajstić information content (AvgIpc) is 2.93. The molecule has 228 valence electrons. The van der Waals surface area contributed by atoms with Crippen LogP contribution < -0.4 is 9.47 Å². The van der Waals surface area contributed by atoms with Crippen molar-refractivity contribution in [2.24, 2.45) is 0 Å². The second-order valence-corrected chi connectivity index (χ2v) is 12.4. The molecule has 0 unspecified atom stereocenters. The van der Waals surface area contributed by atoms with Gasteiger partial charge in [-0.1, -0.05) is 90.4 Å². The minimum absolute atomic E-state index is 0.0970. The third-order valence-corrected chi connectivity index (χ3v) is 8.80. The summed E-state index contributed by atoms with van der Waals surface area (Å²) in [5.74, 6) is -0.582. The van der Waals surface area contributed by atoms with Crippen LogP contribution in [-0.4, -0.2) is 11.6 Å². The molecule has 1 aliphatic rings. The Balaban J connectivity index is 1.55. The van der Waals surface area contributed by atoms with E-state index in [0.717, 1.165) is 48.3 Å². The Morgan fingerprint density at radius 2 is 1.44 bits per heavy atom. The zero-order valence-corrected chi connectivity index (χ0v) is 26.2. The van der Waals surface area contributed by atoms with Gasteiger partial charge in [-0.2, -0.15) is 0 Å². The van der Waals surface area contributed by atoms with Crippen LogP contribution in [0.15, 0.2) is 18.2 Å². The smallest absolute Gasteiger partial charge is 0.308 e. The van der Waals surface area contributed by atoms with Crippen molar-refractivity contribution < 1.29 is 23.0 Å². The van der Waals surface area contributed by atoms with E-state index >= 15 is 4.39 Å². The van der Waals surface area contributed by atoms with E-state index in [0.29, 0.717) is 17.5 Å². The summed E-state index contributed by atoms with van der Waals surface area (Å²) < 4.78 is 41.5. The summed E-state index contributed by atoms with van der Waals surface area (Å²) >= 11 is 0. The maximum Gasteiger partial charge on any atom is 0.308 e. The topological polar surface area (TPSA) is 35.5 Å². The number of carbonyl (C=O) groups is 1. The van der Waals surface area contributed by atoms with Gasteiger partial charge in [0.2, 0.25) is 0 Å². The second-order valence-electron chi connectivity index (χ2n) is 12.4.